The number of carbonyl (C=O) groups is 2. The van der Waals surface area contributed by atoms with Gasteiger partial charge in [0.2, 0.25) is 0 Å². The number of nitrogens with one attached hydrogen (secondary N) is 1. The highest BCUT2D eigenvalue weighted by molar-refractivity contribution is 6.31. The summed E-state index contributed by atoms with van der Waals surface area (Å²) in [5.74, 6) is -2.20. The summed E-state index contributed by atoms with van der Waals surface area (Å²) in [6.45, 7) is 0. The molecular weight excluding hydrogens is 440 g/mol. The molecule has 1 aliphatic rings. The van der Waals surface area contributed by atoms with Gasteiger partial charge in [-0.3, -0.25) is 9.59 Å². The average molecular weight is 461 g/mol. The highest BCUT2D eigenvalue weighted by Crippen LogP contribution is 2.37. The molecule has 0 spiro atoms. The molecule has 0 radical (unpaired) electrons. The fourth-order valence-electron chi connectivity index (χ4n) is 4.52. The van der Waals surface area contributed by atoms with Crippen LogP contribution in [-0.4, -0.2) is 21.8 Å². The first-order valence-electron chi connectivity index (χ1n) is 10.8. The summed E-state index contributed by atoms with van der Waals surface area (Å²) in [5.41, 5.74) is 4.15. The van der Waals surface area contributed by atoms with Crippen LogP contribution >= 0.6 is 11.6 Å². The zero-order valence-corrected chi connectivity index (χ0v) is 18.4. The maximum Gasteiger partial charge on any atom is 0.307 e. The summed E-state index contributed by atoms with van der Waals surface area (Å²) in [4.78, 5) is 29.3. The second kappa shape index (κ2) is 8.71. The maximum absolute atomic E-state index is 13.2. The van der Waals surface area contributed by atoms with Crippen LogP contribution in [0.15, 0.2) is 71.1 Å². The van der Waals surface area contributed by atoms with Gasteiger partial charge in [0, 0.05) is 28.1 Å². The number of benzene rings is 3. The number of ketones is 1. The van der Waals surface area contributed by atoms with Crippen molar-refractivity contribution in [3.8, 4) is 11.1 Å². The number of carbonyl (C=O) groups excluding carboxylic acids is 1. The molecule has 4 aromatic rings. The van der Waals surface area contributed by atoms with Crippen molar-refractivity contribution in [1.82, 2.24) is 4.98 Å². The molecule has 6 nitrogen and oxygen atoms in total. The molecule has 0 amide bonds. The fourth-order valence-corrected chi connectivity index (χ4v) is 4.68. The van der Waals surface area contributed by atoms with Gasteiger partial charge in [0.15, 0.2) is 11.4 Å². The monoisotopic (exact) mass is 460 g/mol. The number of carboxylic acid groups (broad SMARTS) is 1. The highest BCUT2D eigenvalue weighted by Gasteiger charge is 2.38. The summed E-state index contributed by atoms with van der Waals surface area (Å²) in [5, 5.41) is 13.3. The van der Waals surface area contributed by atoms with Crippen LogP contribution in [0.2, 0.25) is 5.02 Å². The normalized spacial score (nSPS) is 17.8. The van der Waals surface area contributed by atoms with Crippen LogP contribution in [0.25, 0.3) is 22.2 Å². The van der Waals surface area contributed by atoms with Crippen LogP contribution in [0, 0.1) is 11.8 Å². The first-order chi connectivity index (χ1) is 16.0. The minimum absolute atomic E-state index is 0.146. The van der Waals surface area contributed by atoms with Crippen LogP contribution in [0.4, 0.5) is 11.7 Å². The third-order valence-electron chi connectivity index (χ3n) is 6.15. The third-order valence-corrected chi connectivity index (χ3v) is 6.39. The minimum Gasteiger partial charge on any atom is -0.481 e. The molecule has 1 saturated carbocycles. The molecule has 0 saturated heterocycles. The molecule has 3 aromatic carbocycles. The van der Waals surface area contributed by atoms with Crippen molar-refractivity contribution in [2.45, 2.75) is 19.3 Å². The van der Waals surface area contributed by atoms with E-state index in [1.54, 1.807) is 30.3 Å². The average Bonchev–Trinajstić information content (AvgIpc) is 3.46. The Morgan fingerprint density at radius 3 is 2.58 bits per heavy atom. The minimum atomic E-state index is -0.907. The molecule has 0 unspecified atom stereocenters. The lowest BCUT2D eigenvalue weighted by Gasteiger charge is -2.17. The summed E-state index contributed by atoms with van der Waals surface area (Å²) in [6.07, 6.45) is 1.86. The summed E-state index contributed by atoms with van der Waals surface area (Å²) in [7, 11) is 0. The number of hydrogen-bond acceptors (Lipinski definition) is 5. The quantitative estimate of drug-likeness (QED) is 0.316. The maximum atomic E-state index is 13.2. The van der Waals surface area contributed by atoms with E-state index < -0.39 is 17.8 Å². The Hall–Kier alpha value is -3.64. The smallest absolute Gasteiger partial charge is 0.307 e. The molecule has 2 atom stereocenters. The van der Waals surface area contributed by atoms with Gasteiger partial charge >= 0.3 is 5.97 Å². The van der Waals surface area contributed by atoms with Gasteiger partial charge < -0.3 is 14.8 Å². The lowest BCUT2D eigenvalue weighted by molar-refractivity contribution is -0.142. The Labute approximate surface area is 195 Å². The molecule has 5 rings (SSSR count). The molecular formula is C26H21ClN2O4. The van der Waals surface area contributed by atoms with Crippen LogP contribution in [0.3, 0.4) is 0 Å². The van der Waals surface area contributed by atoms with E-state index in [1.165, 1.54) is 0 Å². The van der Waals surface area contributed by atoms with E-state index >= 15 is 0 Å². The number of hydrogen-bond donors (Lipinski definition) is 2. The largest absolute Gasteiger partial charge is 0.481 e. The van der Waals surface area contributed by atoms with Gasteiger partial charge in [-0.15, -0.1) is 0 Å². The van der Waals surface area contributed by atoms with Crippen LogP contribution < -0.4 is 5.32 Å². The lowest BCUT2D eigenvalue weighted by Crippen LogP contribution is -2.25. The second-order valence-electron chi connectivity index (χ2n) is 8.23. The van der Waals surface area contributed by atoms with Crippen molar-refractivity contribution in [3.63, 3.8) is 0 Å². The van der Waals surface area contributed by atoms with E-state index in [0.717, 1.165) is 17.5 Å². The topological polar surface area (TPSA) is 92.4 Å². The lowest BCUT2D eigenvalue weighted by atomic mass is 9.87. The van der Waals surface area contributed by atoms with E-state index in [4.69, 9.17) is 16.0 Å². The second-order valence-corrected chi connectivity index (χ2v) is 8.67. The Morgan fingerprint density at radius 2 is 1.79 bits per heavy atom. The van der Waals surface area contributed by atoms with Crippen molar-refractivity contribution >= 4 is 46.2 Å². The fraction of sp³-hybridized carbons (Fsp3) is 0.192. The third kappa shape index (κ3) is 4.22. The van der Waals surface area contributed by atoms with Gasteiger partial charge in [-0.25, -0.2) is 0 Å². The Kier molecular flexibility index (Phi) is 5.60. The Morgan fingerprint density at radius 1 is 1.00 bits per heavy atom. The van der Waals surface area contributed by atoms with Gasteiger partial charge in [-0.1, -0.05) is 60.5 Å². The van der Waals surface area contributed by atoms with Gasteiger partial charge in [-0.2, -0.15) is 4.98 Å². The van der Waals surface area contributed by atoms with Crippen LogP contribution in [0.5, 0.6) is 0 Å². The van der Waals surface area contributed by atoms with E-state index in [-0.39, 0.29) is 11.8 Å². The molecule has 0 aliphatic heterocycles. The number of nitrogens with zero attached hydrogens (tertiary/aromatic N) is 1. The zero-order chi connectivity index (χ0) is 22.9. The van der Waals surface area contributed by atoms with Crippen LogP contribution in [0.1, 0.15) is 29.6 Å². The molecule has 7 heteroatoms. The first-order valence-corrected chi connectivity index (χ1v) is 11.2. The molecule has 1 fully saturated rings. The molecule has 2 N–H and O–H groups in total. The molecule has 33 heavy (non-hydrogen) atoms. The number of anilines is 2. The summed E-state index contributed by atoms with van der Waals surface area (Å²) >= 11 is 6.06. The van der Waals surface area contributed by atoms with Crippen molar-refractivity contribution in [2.24, 2.45) is 11.8 Å². The first kappa shape index (κ1) is 21.2. The van der Waals surface area contributed by atoms with Gasteiger partial charge in [0.25, 0.3) is 6.01 Å². The van der Waals surface area contributed by atoms with Crippen molar-refractivity contribution in [3.05, 3.63) is 77.3 Å². The number of aromatic nitrogens is 1. The Bertz CT molecular complexity index is 1350. The number of fused-ring (bicyclic) bond motifs is 1. The molecule has 0 bridgehead atoms. The Balaban J connectivity index is 1.54. The number of rotatable bonds is 6. The number of halogens is 1. The van der Waals surface area contributed by atoms with Gasteiger partial charge in [0.05, 0.1) is 11.6 Å². The molecule has 1 aliphatic carbocycles. The number of aliphatic carboxylic acids is 1. The summed E-state index contributed by atoms with van der Waals surface area (Å²) in [6, 6.07) is 20.6. The SMILES string of the molecule is O=C(O)[C@@H]1CCC[C@H]1C(=O)c1ccc(-c2ccccc2)c(Nc2nc3ccc(Cl)cc3o2)c1. The van der Waals surface area contributed by atoms with Gasteiger partial charge in [-0.05, 0) is 36.6 Å². The molecule has 166 valence electrons. The zero-order valence-electron chi connectivity index (χ0n) is 17.6. The van der Waals surface area contributed by atoms with Gasteiger partial charge in [0.1, 0.15) is 5.52 Å². The van der Waals surface area contributed by atoms with E-state index in [1.807, 2.05) is 36.4 Å². The van der Waals surface area contributed by atoms with Crippen molar-refractivity contribution < 1.29 is 19.1 Å². The highest BCUT2D eigenvalue weighted by atomic mass is 35.5. The van der Waals surface area contributed by atoms with Crippen molar-refractivity contribution in [2.75, 3.05) is 5.32 Å². The molecule has 1 aromatic heterocycles. The predicted octanol–water partition coefficient (Wildman–Crippen LogP) is 6.58. The van der Waals surface area contributed by atoms with Crippen LogP contribution in [-0.2, 0) is 4.79 Å². The van der Waals surface area contributed by atoms with E-state index in [0.29, 0.717) is 40.2 Å². The van der Waals surface area contributed by atoms with Crippen molar-refractivity contribution in [1.29, 1.82) is 0 Å². The van der Waals surface area contributed by atoms with E-state index in [9.17, 15) is 14.7 Å². The number of oxazole rings is 1. The van der Waals surface area contributed by atoms with E-state index in [2.05, 4.69) is 10.3 Å². The molecule has 1 heterocycles. The standard InChI is InChI=1S/C26H21ClN2O4/c27-17-10-12-21-23(14-17)33-26(28-21)29-22-13-16(9-11-18(22)15-5-2-1-3-6-15)24(30)19-7-4-8-20(19)25(31)32/h1-3,5-6,9-14,19-20H,4,7-8H2,(H,28,29)(H,31,32)/t19-,20-/m1/s1. The predicted molar refractivity (Wildman–Crippen MR) is 127 cm³/mol. The summed E-state index contributed by atoms with van der Waals surface area (Å²) < 4.78 is 5.82. The number of carboxylic acids is 1. The number of Topliss-reactive ketones (excluding diaryl/α,β-unsaturated/α-hetero) is 1.